The van der Waals surface area contributed by atoms with Crippen LogP contribution in [-0.4, -0.2) is 33.8 Å². The Hall–Kier alpha value is -0.820. The van der Waals surface area contributed by atoms with E-state index in [0.717, 1.165) is 4.31 Å². The molecule has 1 unspecified atom stereocenters. The Kier molecular flexibility index (Phi) is 3.31. The Morgan fingerprint density at radius 1 is 1.18 bits per heavy atom. The molecule has 0 bridgehead atoms. The van der Waals surface area contributed by atoms with Gasteiger partial charge >= 0.3 is 6.03 Å². The van der Waals surface area contributed by atoms with E-state index in [2.05, 4.69) is 0 Å². The van der Waals surface area contributed by atoms with Crippen LogP contribution < -0.4 is 4.31 Å². The van der Waals surface area contributed by atoms with E-state index in [0.29, 0.717) is 0 Å². The second-order valence-electron chi connectivity index (χ2n) is 3.37. The van der Waals surface area contributed by atoms with Crippen LogP contribution in [0.15, 0.2) is 18.2 Å². The minimum absolute atomic E-state index is 0.260. The Labute approximate surface area is 111 Å². The SMILES string of the molecule is CN1C(=O)N(c2c(Cl)cccc2Cl)S(=O)N1C. The molecule has 5 nitrogen and oxygen atoms in total. The first kappa shape index (κ1) is 12.6. The number of nitrogens with zero attached hydrogens (tertiary/aromatic N) is 3. The molecule has 17 heavy (non-hydrogen) atoms. The summed E-state index contributed by atoms with van der Waals surface area (Å²) in [4.78, 5) is 11.9. The van der Waals surface area contributed by atoms with Crippen molar-refractivity contribution in [3.05, 3.63) is 28.2 Å². The van der Waals surface area contributed by atoms with Crippen LogP contribution in [-0.2, 0) is 11.2 Å². The number of para-hydroxylation sites is 1. The molecular formula is C9H9Cl2N3O2S. The molecule has 1 fully saturated rings. The quantitative estimate of drug-likeness (QED) is 0.797. The summed E-state index contributed by atoms with van der Waals surface area (Å²) in [5.74, 6) is 0. The van der Waals surface area contributed by atoms with Crippen molar-refractivity contribution in [2.75, 3.05) is 18.4 Å². The zero-order valence-electron chi connectivity index (χ0n) is 9.05. The minimum atomic E-state index is -1.66. The third-order valence-electron chi connectivity index (χ3n) is 2.40. The molecular weight excluding hydrogens is 285 g/mol. The molecule has 1 heterocycles. The van der Waals surface area contributed by atoms with Crippen LogP contribution in [0.4, 0.5) is 10.5 Å². The standard InChI is InChI=1S/C9H9Cl2N3O2S/c1-12-9(15)14(17(16)13(12)2)8-6(10)4-3-5-7(8)11/h3-5H,1-2H3. The number of rotatable bonds is 1. The van der Waals surface area contributed by atoms with E-state index in [4.69, 9.17) is 23.2 Å². The highest BCUT2D eigenvalue weighted by Crippen LogP contribution is 2.37. The van der Waals surface area contributed by atoms with Gasteiger partial charge in [0.15, 0.2) is 0 Å². The van der Waals surface area contributed by atoms with Gasteiger partial charge in [-0.3, -0.25) is 0 Å². The molecule has 1 saturated heterocycles. The highest BCUT2D eigenvalue weighted by Gasteiger charge is 2.41. The van der Waals surface area contributed by atoms with Crippen LogP contribution >= 0.6 is 23.2 Å². The summed E-state index contributed by atoms with van der Waals surface area (Å²) in [7, 11) is 3.06. The van der Waals surface area contributed by atoms with Crippen LogP contribution in [0.2, 0.25) is 10.0 Å². The maximum atomic E-state index is 12.0. The molecule has 0 N–H and O–H groups in total. The van der Waals surface area contributed by atoms with Gasteiger partial charge < -0.3 is 0 Å². The van der Waals surface area contributed by atoms with Crippen LogP contribution in [0.1, 0.15) is 0 Å². The van der Waals surface area contributed by atoms with Crippen molar-refractivity contribution in [2.24, 2.45) is 0 Å². The summed E-state index contributed by atoms with van der Waals surface area (Å²) in [5.41, 5.74) is 0.260. The molecule has 2 rings (SSSR count). The molecule has 0 radical (unpaired) electrons. The summed E-state index contributed by atoms with van der Waals surface area (Å²) < 4.78 is 14.4. The summed E-state index contributed by atoms with van der Waals surface area (Å²) in [6, 6.07) is 4.39. The van der Waals surface area contributed by atoms with E-state index in [-0.39, 0.29) is 15.7 Å². The Bertz CT molecular complexity index is 471. The van der Waals surface area contributed by atoms with Crippen LogP contribution in [0.25, 0.3) is 0 Å². The smallest absolute Gasteiger partial charge is 0.246 e. The summed E-state index contributed by atoms with van der Waals surface area (Å²) in [6.07, 6.45) is 0. The zero-order valence-corrected chi connectivity index (χ0v) is 11.4. The van der Waals surface area contributed by atoms with Gasteiger partial charge in [0, 0.05) is 14.1 Å². The maximum Gasteiger partial charge on any atom is 0.352 e. The Morgan fingerprint density at radius 2 is 1.71 bits per heavy atom. The van der Waals surface area contributed by atoms with Gasteiger partial charge in [-0.15, -0.1) is 4.41 Å². The fourth-order valence-corrected chi connectivity index (χ4v) is 3.19. The van der Waals surface area contributed by atoms with Crippen molar-refractivity contribution in [2.45, 2.75) is 0 Å². The molecule has 2 amide bonds. The van der Waals surface area contributed by atoms with Gasteiger partial charge in [0.2, 0.25) is 11.2 Å². The molecule has 1 aliphatic rings. The lowest BCUT2D eigenvalue weighted by Crippen LogP contribution is -2.32. The molecule has 0 spiro atoms. The zero-order chi connectivity index (χ0) is 12.7. The number of urea groups is 1. The number of carbonyl (C=O) groups excluding carboxylic acids is 1. The minimum Gasteiger partial charge on any atom is -0.246 e. The summed E-state index contributed by atoms with van der Waals surface area (Å²) in [5, 5.41) is 1.79. The molecule has 1 aromatic carbocycles. The van der Waals surface area contributed by atoms with Crippen LogP contribution in [0.3, 0.4) is 0 Å². The number of anilines is 1. The number of amides is 2. The number of carbonyl (C=O) groups is 1. The molecule has 1 aromatic rings. The number of benzene rings is 1. The van der Waals surface area contributed by atoms with Crippen LogP contribution in [0.5, 0.6) is 0 Å². The van der Waals surface area contributed by atoms with E-state index >= 15 is 0 Å². The van der Waals surface area contributed by atoms with E-state index in [1.54, 1.807) is 25.2 Å². The van der Waals surface area contributed by atoms with Crippen molar-refractivity contribution in [1.29, 1.82) is 0 Å². The fourth-order valence-electron chi connectivity index (χ4n) is 1.40. The molecule has 0 aromatic heterocycles. The van der Waals surface area contributed by atoms with Gasteiger partial charge in [-0.25, -0.2) is 14.0 Å². The third-order valence-corrected chi connectivity index (χ3v) is 4.35. The Balaban J connectivity index is 2.55. The van der Waals surface area contributed by atoms with Gasteiger partial charge in [-0.05, 0) is 12.1 Å². The number of hydrogen-bond acceptors (Lipinski definition) is 2. The highest BCUT2D eigenvalue weighted by atomic mass is 35.5. The predicted molar refractivity (Wildman–Crippen MR) is 68.0 cm³/mol. The average molecular weight is 294 g/mol. The van der Waals surface area contributed by atoms with Crippen molar-refractivity contribution >= 4 is 46.1 Å². The first-order valence-electron chi connectivity index (χ1n) is 4.62. The predicted octanol–water partition coefficient (Wildman–Crippen LogP) is 2.29. The lowest BCUT2D eigenvalue weighted by molar-refractivity contribution is 0.162. The number of hydrogen-bond donors (Lipinski definition) is 0. The van der Waals surface area contributed by atoms with Crippen molar-refractivity contribution in [3.8, 4) is 0 Å². The van der Waals surface area contributed by atoms with Gasteiger partial charge in [0.25, 0.3) is 0 Å². The summed E-state index contributed by atoms with van der Waals surface area (Å²) in [6.45, 7) is 0. The molecule has 8 heteroatoms. The topological polar surface area (TPSA) is 43.9 Å². The van der Waals surface area contributed by atoms with Gasteiger partial charge in [0.05, 0.1) is 15.7 Å². The van der Waals surface area contributed by atoms with Crippen LogP contribution in [0, 0.1) is 0 Å². The normalized spacial score (nSPS) is 21.4. The van der Waals surface area contributed by atoms with Crippen molar-refractivity contribution in [3.63, 3.8) is 0 Å². The first-order valence-corrected chi connectivity index (χ1v) is 6.44. The van der Waals surface area contributed by atoms with E-state index in [9.17, 15) is 9.00 Å². The molecule has 0 aliphatic carbocycles. The largest absolute Gasteiger partial charge is 0.352 e. The third kappa shape index (κ3) is 1.91. The lowest BCUT2D eigenvalue weighted by Gasteiger charge is -2.15. The van der Waals surface area contributed by atoms with Crippen molar-refractivity contribution in [1.82, 2.24) is 9.42 Å². The molecule has 1 aliphatic heterocycles. The Morgan fingerprint density at radius 3 is 2.12 bits per heavy atom. The maximum absolute atomic E-state index is 12.0. The van der Waals surface area contributed by atoms with Gasteiger partial charge in [0.1, 0.15) is 0 Å². The lowest BCUT2D eigenvalue weighted by atomic mass is 10.3. The first-order chi connectivity index (χ1) is 7.95. The molecule has 92 valence electrons. The fraction of sp³-hybridized carbons (Fsp3) is 0.222. The van der Waals surface area contributed by atoms with Gasteiger partial charge in [-0.2, -0.15) is 4.31 Å². The monoisotopic (exact) mass is 293 g/mol. The van der Waals surface area contributed by atoms with E-state index < -0.39 is 17.2 Å². The number of hydrazine groups is 1. The summed E-state index contributed by atoms with van der Waals surface area (Å²) >= 11 is 10.3. The van der Waals surface area contributed by atoms with E-state index in [1.165, 1.54) is 16.5 Å². The highest BCUT2D eigenvalue weighted by molar-refractivity contribution is 7.85. The van der Waals surface area contributed by atoms with Crippen molar-refractivity contribution < 1.29 is 9.00 Å². The molecule has 1 atom stereocenters. The second kappa shape index (κ2) is 4.45. The molecule has 0 saturated carbocycles. The number of halogens is 2. The average Bonchev–Trinajstić information content (AvgIpc) is 2.46. The van der Waals surface area contributed by atoms with Gasteiger partial charge in [-0.1, -0.05) is 29.3 Å². The second-order valence-corrected chi connectivity index (χ2v) is 5.54. The van der Waals surface area contributed by atoms with E-state index in [1.807, 2.05) is 0 Å².